The van der Waals surface area contributed by atoms with Gasteiger partial charge in [-0.15, -0.1) is 0 Å². The van der Waals surface area contributed by atoms with E-state index in [1.165, 1.54) is 18.4 Å². The molecule has 11 heteroatoms. The lowest BCUT2D eigenvalue weighted by Gasteiger charge is -2.25. The van der Waals surface area contributed by atoms with Crippen LogP contribution in [0.1, 0.15) is 24.2 Å². The van der Waals surface area contributed by atoms with E-state index < -0.39 is 15.8 Å². The van der Waals surface area contributed by atoms with Crippen molar-refractivity contribution in [3.63, 3.8) is 0 Å². The molecule has 0 heterocycles. The average Bonchev–Trinajstić information content (AvgIpc) is 3.10. The van der Waals surface area contributed by atoms with Crippen LogP contribution < -0.4 is 14.2 Å². The van der Waals surface area contributed by atoms with Gasteiger partial charge < -0.3 is 29.2 Å². The minimum absolute atomic E-state index is 0.0916. The van der Waals surface area contributed by atoms with Gasteiger partial charge in [0.25, 0.3) is 0 Å². The number of ether oxygens (including phenoxy) is 4. The molecular formula is C39H41NO9S. The molecule has 50 heavy (non-hydrogen) atoms. The van der Waals surface area contributed by atoms with Crippen molar-refractivity contribution in [3.8, 4) is 39.9 Å². The highest BCUT2D eigenvalue weighted by molar-refractivity contribution is 7.90. The number of hydrogen-bond donors (Lipinski definition) is 2. The SMILES string of the molecule is CCN(CCOCCOc1ccc(C(=O)O)cc1)CC(C)Oc1ccc(Oc2c(-c3ccc(S(C)(=O)=O)cc3)ccc3cc(O)ccc23)cc1. The summed E-state index contributed by atoms with van der Waals surface area (Å²) in [5.41, 5.74) is 1.78. The molecule has 0 bridgehead atoms. The summed E-state index contributed by atoms with van der Waals surface area (Å²) >= 11 is 0. The molecule has 1 atom stereocenters. The lowest BCUT2D eigenvalue weighted by Crippen LogP contribution is -2.36. The molecule has 262 valence electrons. The van der Waals surface area contributed by atoms with Gasteiger partial charge in [-0.3, -0.25) is 4.90 Å². The Morgan fingerprint density at radius 3 is 2.16 bits per heavy atom. The molecule has 0 amide bonds. The molecule has 5 rings (SSSR count). The van der Waals surface area contributed by atoms with Gasteiger partial charge in [-0.25, -0.2) is 13.2 Å². The number of likely N-dealkylation sites (N-methyl/N-ethyl adjacent to an activating group) is 1. The Bertz CT molecular complexity index is 2000. The summed E-state index contributed by atoms with van der Waals surface area (Å²) in [5, 5.41) is 20.7. The van der Waals surface area contributed by atoms with Crippen molar-refractivity contribution in [1.29, 1.82) is 0 Å². The maximum Gasteiger partial charge on any atom is 0.335 e. The van der Waals surface area contributed by atoms with Gasteiger partial charge in [0.1, 0.15) is 41.5 Å². The fraction of sp³-hybridized carbons (Fsp3) is 0.256. The van der Waals surface area contributed by atoms with Crippen LogP contribution in [0.5, 0.6) is 28.7 Å². The number of carbonyl (C=O) groups is 1. The zero-order chi connectivity index (χ0) is 35.7. The first-order valence-corrected chi connectivity index (χ1v) is 18.2. The number of benzene rings is 5. The van der Waals surface area contributed by atoms with Crippen molar-refractivity contribution in [2.24, 2.45) is 0 Å². The van der Waals surface area contributed by atoms with Crippen molar-refractivity contribution in [2.75, 3.05) is 45.7 Å². The van der Waals surface area contributed by atoms with Gasteiger partial charge in [0.15, 0.2) is 9.84 Å². The second kappa shape index (κ2) is 16.5. The van der Waals surface area contributed by atoms with E-state index in [0.717, 1.165) is 35.0 Å². The number of aromatic carboxylic acids is 1. The highest BCUT2D eigenvalue weighted by atomic mass is 32.2. The zero-order valence-corrected chi connectivity index (χ0v) is 29.1. The van der Waals surface area contributed by atoms with Crippen molar-refractivity contribution in [1.82, 2.24) is 4.90 Å². The third kappa shape index (κ3) is 9.75. The summed E-state index contributed by atoms with van der Waals surface area (Å²) in [6, 6.07) is 29.2. The fourth-order valence-corrected chi connectivity index (χ4v) is 6.06. The smallest absolute Gasteiger partial charge is 0.335 e. The quantitative estimate of drug-likeness (QED) is 0.0954. The van der Waals surface area contributed by atoms with E-state index in [-0.39, 0.29) is 22.3 Å². The van der Waals surface area contributed by atoms with E-state index in [4.69, 9.17) is 24.1 Å². The number of phenolic OH excluding ortho intramolecular Hbond substituents is 1. The Labute approximate surface area is 292 Å². The highest BCUT2D eigenvalue weighted by Gasteiger charge is 2.16. The van der Waals surface area contributed by atoms with Crippen LogP contribution in [0.3, 0.4) is 0 Å². The van der Waals surface area contributed by atoms with Crippen LogP contribution in [0.15, 0.2) is 108 Å². The van der Waals surface area contributed by atoms with Crippen LogP contribution in [0, 0.1) is 0 Å². The summed E-state index contributed by atoms with van der Waals surface area (Å²) < 4.78 is 48.1. The van der Waals surface area contributed by atoms with Crippen molar-refractivity contribution in [3.05, 3.63) is 109 Å². The molecule has 0 saturated carbocycles. The molecule has 1 unspecified atom stereocenters. The maximum atomic E-state index is 12.0. The van der Waals surface area contributed by atoms with E-state index in [9.17, 15) is 18.3 Å². The molecule has 0 fully saturated rings. The molecule has 5 aromatic carbocycles. The molecule has 0 saturated heterocycles. The molecule has 0 aliphatic carbocycles. The van der Waals surface area contributed by atoms with Gasteiger partial charge in [-0.1, -0.05) is 25.1 Å². The van der Waals surface area contributed by atoms with E-state index >= 15 is 0 Å². The van der Waals surface area contributed by atoms with Crippen molar-refractivity contribution >= 4 is 26.6 Å². The normalized spacial score (nSPS) is 12.2. The van der Waals surface area contributed by atoms with Crippen LogP contribution in [0.2, 0.25) is 0 Å². The molecule has 5 aromatic rings. The molecule has 0 aliphatic rings. The summed E-state index contributed by atoms with van der Waals surface area (Å²) in [4.78, 5) is 13.5. The van der Waals surface area contributed by atoms with E-state index in [1.807, 2.05) is 43.3 Å². The van der Waals surface area contributed by atoms with Gasteiger partial charge in [-0.05, 0) is 109 Å². The molecule has 0 aliphatic heterocycles. The Kier molecular flexibility index (Phi) is 12.0. The predicted molar refractivity (Wildman–Crippen MR) is 193 cm³/mol. The monoisotopic (exact) mass is 699 g/mol. The Hall–Kier alpha value is -5.10. The van der Waals surface area contributed by atoms with Crippen LogP contribution in [0.25, 0.3) is 21.9 Å². The van der Waals surface area contributed by atoms with Gasteiger partial charge in [-0.2, -0.15) is 0 Å². The standard InChI is InChI=1S/C39H41NO9S/c1-4-40(21-22-46-23-24-47-32-11-5-29(6-12-32)39(42)43)26-27(2)48-33-13-15-34(16-14-33)49-38-36(19-9-30-25-31(41)10-20-37(30)38)28-7-17-35(18-8-28)50(3,44)45/h5-20,25,27,41H,4,21-24,26H2,1-3H3,(H,42,43). The van der Waals surface area contributed by atoms with E-state index in [0.29, 0.717) is 49.4 Å². The number of phenols is 1. The molecule has 10 nitrogen and oxygen atoms in total. The average molecular weight is 700 g/mol. The topological polar surface area (TPSA) is 132 Å². The number of sulfone groups is 1. The summed E-state index contributed by atoms with van der Waals surface area (Å²) in [6.07, 6.45) is 1.09. The second-order valence-electron chi connectivity index (χ2n) is 11.8. The van der Waals surface area contributed by atoms with Gasteiger partial charge >= 0.3 is 5.97 Å². The first-order valence-electron chi connectivity index (χ1n) is 16.3. The minimum atomic E-state index is -3.34. The first kappa shape index (κ1) is 36.2. The van der Waals surface area contributed by atoms with Gasteiger partial charge in [0.2, 0.25) is 0 Å². The largest absolute Gasteiger partial charge is 0.508 e. The van der Waals surface area contributed by atoms with Crippen LogP contribution in [-0.2, 0) is 14.6 Å². The number of fused-ring (bicyclic) bond motifs is 1. The highest BCUT2D eigenvalue weighted by Crippen LogP contribution is 2.41. The predicted octanol–water partition coefficient (Wildman–Crippen LogP) is 7.29. The minimum Gasteiger partial charge on any atom is -0.508 e. The molecule has 0 spiro atoms. The zero-order valence-electron chi connectivity index (χ0n) is 28.2. The second-order valence-corrected chi connectivity index (χ2v) is 13.8. The van der Waals surface area contributed by atoms with Gasteiger partial charge in [0.05, 0.1) is 23.7 Å². The summed E-state index contributed by atoms with van der Waals surface area (Å²) in [7, 11) is -3.34. The number of nitrogens with zero attached hydrogens (tertiary/aromatic N) is 1. The molecule has 0 radical (unpaired) electrons. The van der Waals surface area contributed by atoms with Crippen molar-refractivity contribution in [2.45, 2.75) is 24.8 Å². The number of carboxylic acids is 1. The number of carboxylic acid groups (broad SMARTS) is 1. The molecule has 0 aromatic heterocycles. The number of hydrogen-bond acceptors (Lipinski definition) is 9. The Morgan fingerprint density at radius 2 is 1.50 bits per heavy atom. The van der Waals surface area contributed by atoms with E-state index in [2.05, 4.69) is 11.8 Å². The summed E-state index contributed by atoms with van der Waals surface area (Å²) in [5.74, 6) is 1.64. The fourth-order valence-electron chi connectivity index (χ4n) is 5.43. The maximum absolute atomic E-state index is 12.0. The van der Waals surface area contributed by atoms with Gasteiger partial charge in [0, 0.05) is 30.3 Å². The van der Waals surface area contributed by atoms with Crippen molar-refractivity contribution < 1.29 is 42.4 Å². The third-order valence-corrected chi connectivity index (χ3v) is 9.17. The third-order valence-electron chi connectivity index (χ3n) is 8.04. The van der Waals surface area contributed by atoms with Crippen LogP contribution in [0.4, 0.5) is 0 Å². The van der Waals surface area contributed by atoms with Crippen LogP contribution in [-0.4, -0.2) is 81.3 Å². The first-order chi connectivity index (χ1) is 24.0. The Morgan fingerprint density at radius 1 is 0.820 bits per heavy atom. The lowest BCUT2D eigenvalue weighted by molar-refractivity contribution is 0.0688. The van der Waals surface area contributed by atoms with Crippen LogP contribution >= 0.6 is 0 Å². The summed E-state index contributed by atoms with van der Waals surface area (Å²) in [6.45, 7) is 7.68. The molecule has 2 N–H and O–H groups in total. The lowest BCUT2D eigenvalue weighted by atomic mass is 9.99. The van der Waals surface area contributed by atoms with E-state index in [1.54, 1.807) is 54.6 Å². The number of aromatic hydroxyl groups is 1. The Balaban J connectivity index is 1.15. The molecular weight excluding hydrogens is 658 g/mol. The number of rotatable bonds is 17.